The molecule has 11 aromatic carbocycles. The second-order valence-corrected chi connectivity index (χ2v) is 16.8. The van der Waals surface area contributed by atoms with Crippen LogP contribution in [0.4, 0.5) is 17.1 Å². The zero-order chi connectivity index (χ0) is 43.8. The number of rotatable bonds is 9. The van der Waals surface area contributed by atoms with E-state index in [4.69, 9.17) is 4.42 Å². The van der Waals surface area contributed by atoms with Gasteiger partial charge in [0.05, 0.1) is 5.69 Å². The van der Waals surface area contributed by atoms with Crippen molar-refractivity contribution in [2.75, 3.05) is 4.90 Å². The molecule has 0 aliphatic rings. The molecule has 0 N–H and O–H groups in total. The molecule has 0 radical (unpaired) electrons. The van der Waals surface area contributed by atoms with E-state index in [1.54, 1.807) is 0 Å². The van der Waals surface area contributed by atoms with Crippen molar-refractivity contribution in [1.82, 2.24) is 0 Å². The number of fused-ring (bicyclic) bond motifs is 4. The first-order chi connectivity index (χ1) is 32.7. The summed E-state index contributed by atoms with van der Waals surface area (Å²) >= 11 is 0. The quantitative estimate of drug-likeness (QED) is 0.144. The van der Waals surface area contributed by atoms with Gasteiger partial charge in [-0.05, 0) is 109 Å². The van der Waals surface area contributed by atoms with Crippen LogP contribution in [0.1, 0.15) is 0 Å². The summed E-state index contributed by atoms with van der Waals surface area (Å²) in [7, 11) is 0. The van der Waals surface area contributed by atoms with Gasteiger partial charge in [-0.3, -0.25) is 0 Å². The fourth-order valence-electron chi connectivity index (χ4n) is 9.75. The maximum absolute atomic E-state index is 6.50. The van der Waals surface area contributed by atoms with Gasteiger partial charge in [0.15, 0.2) is 0 Å². The molecule has 0 atom stereocenters. The van der Waals surface area contributed by atoms with Crippen molar-refractivity contribution in [3.8, 4) is 66.8 Å². The third-order valence-electron chi connectivity index (χ3n) is 12.9. The van der Waals surface area contributed by atoms with E-state index in [2.05, 4.69) is 254 Å². The Morgan fingerprint density at radius 1 is 0.258 bits per heavy atom. The van der Waals surface area contributed by atoms with E-state index in [1.807, 2.05) is 12.1 Å². The van der Waals surface area contributed by atoms with Crippen LogP contribution in [0.15, 0.2) is 265 Å². The van der Waals surface area contributed by atoms with E-state index in [1.165, 1.54) is 55.3 Å². The van der Waals surface area contributed by atoms with Crippen LogP contribution in [0.2, 0.25) is 0 Å². The van der Waals surface area contributed by atoms with Gasteiger partial charge in [0.1, 0.15) is 11.2 Å². The molecule has 0 aliphatic heterocycles. The Balaban J connectivity index is 1.03. The highest BCUT2D eigenvalue weighted by Crippen LogP contribution is 2.47. The molecule has 1 heterocycles. The SMILES string of the molecule is c1ccc(-c2ccc(-c3ccccc3)c(-c3ccccc3-c3ccccc3N(c3ccc(-c4cccc5ccccc45)cc3)c3ccc(-c4cccc5c4oc4ccccc45)cc3)c2)cc1. The van der Waals surface area contributed by atoms with Crippen LogP contribution in [-0.2, 0) is 0 Å². The summed E-state index contributed by atoms with van der Waals surface area (Å²) in [6, 6.07) is 93.9. The second kappa shape index (κ2) is 16.8. The van der Waals surface area contributed by atoms with Crippen LogP contribution in [0.25, 0.3) is 99.5 Å². The van der Waals surface area contributed by atoms with Crippen LogP contribution in [-0.4, -0.2) is 0 Å². The summed E-state index contributed by atoms with van der Waals surface area (Å²) in [6.45, 7) is 0. The largest absolute Gasteiger partial charge is 0.455 e. The lowest BCUT2D eigenvalue weighted by Crippen LogP contribution is -2.11. The molecule has 0 fully saturated rings. The number of benzene rings is 11. The minimum atomic E-state index is 0.897. The van der Waals surface area contributed by atoms with Crippen LogP contribution in [0.3, 0.4) is 0 Å². The van der Waals surface area contributed by atoms with E-state index in [9.17, 15) is 0 Å². The molecule has 12 rings (SSSR count). The molecule has 0 spiro atoms. The van der Waals surface area contributed by atoms with Crippen molar-refractivity contribution in [2.45, 2.75) is 0 Å². The molecule has 2 nitrogen and oxygen atoms in total. The van der Waals surface area contributed by atoms with Gasteiger partial charge < -0.3 is 9.32 Å². The smallest absolute Gasteiger partial charge is 0.143 e. The van der Waals surface area contributed by atoms with Crippen LogP contribution in [0.5, 0.6) is 0 Å². The topological polar surface area (TPSA) is 16.4 Å². The monoisotopic (exact) mass is 841 g/mol. The van der Waals surface area contributed by atoms with Gasteiger partial charge in [0.2, 0.25) is 0 Å². The lowest BCUT2D eigenvalue weighted by Gasteiger charge is -2.29. The maximum Gasteiger partial charge on any atom is 0.143 e. The fourth-order valence-corrected chi connectivity index (χ4v) is 9.75. The van der Waals surface area contributed by atoms with Gasteiger partial charge in [0.25, 0.3) is 0 Å². The summed E-state index contributed by atoms with van der Waals surface area (Å²) in [4.78, 5) is 2.41. The Labute approximate surface area is 384 Å². The van der Waals surface area contributed by atoms with E-state index < -0.39 is 0 Å². The molecule has 0 unspecified atom stereocenters. The van der Waals surface area contributed by atoms with Gasteiger partial charge >= 0.3 is 0 Å². The Hall–Kier alpha value is -8.72. The van der Waals surface area contributed by atoms with E-state index in [0.717, 1.165) is 61.3 Å². The zero-order valence-electron chi connectivity index (χ0n) is 36.2. The summed E-state index contributed by atoms with van der Waals surface area (Å²) < 4.78 is 6.50. The first-order valence-corrected chi connectivity index (χ1v) is 22.6. The Bertz CT molecular complexity index is 3680. The molecule has 1 aromatic heterocycles. The molecule has 0 saturated carbocycles. The highest BCUT2D eigenvalue weighted by molar-refractivity contribution is 6.09. The van der Waals surface area contributed by atoms with Crippen LogP contribution >= 0.6 is 0 Å². The van der Waals surface area contributed by atoms with Crippen molar-refractivity contribution in [2.24, 2.45) is 0 Å². The van der Waals surface area contributed by atoms with Crippen molar-refractivity contribution in [3.63, 3.8) is 0 Å². The molecular weight excluding hydrogens is 799 g/mol. The lowest BCUT2D eigenvalue weighted by molar-refractivity contribution is 0.670. The van der Waals surface area contributed by atoms with Gasteiger partial charge in [0, 0.05) is 33.3 Å². The number of furan rings is 1. The predicted octanol–water partition coefficient (Wildman–Crippen LogP) is 18.2. The van der Waals surface area contributed by atoms with Crippen molar-refractivity contribution >= 4 is 49.8 Å². The number of hydrogen-bond donors (Lipinski definition) is 0. The zero-order valence-corrected chi connectivity index (χ0v) is 36.2. The third kappa shape index (κ3) is 7.02. The summed E-state index contributed by atoms with van der Waals surface area (Å²) in [6.07, 6.45) is 0. The van der Waals surface area contributed by atoms with E-state index in [-0.39, 0.29) is 0 Å². The highest BCUT2D eigenvalue weighted by Gasteiger charge is 2.22. The molecule has 0 amide bonds. The first-order valence-electron chi connectivity index (χ1n) is 22.6. The summed E-state index contributed by atoms with van der Waals surface area (Å²) in [5.74, 6) is 0. The fraction of sp³-hybridized carbons (Fsp3) is 0. The molecule has 2 heteroatoms. The summed E-state index contributed by atoms with van der Waals surface area (Å²) in [5.41, 5.74) is 18.9. The van der Waals surface area contributed by atoms with Crippen molar-refractivity contribution in [1.29, 1.82) is 0 Å². The van der Waals surface area contributed by atoms with Gasteiger partial charge in [-0.1, -0.05) is 218 Å². The standard InChI is InChI=1S/C64H43NO/c1-3-17-44(18-4-1)49-37-42-54(45-19-5-2-6-20-45)61(43-49)57-25-10-9-24-56(57)58-26-11-13-31-62(58)65(50-38-33-47(34-39-50)53-28-15-22-46-21-7-8-23-52(46)53)51-40-35-48(36-41-51)55-29-16-30-60-59-27-12-14-32-63(59)66-64(55)60/h1-43H. The average Bonchev–Trinajstić information content (AvgIpc) is 3.79. The average molecular weight is 842 g/mol. The Kier molecular flexibility index (Phi) is 9.89. The number of anilines is 3. The van der Waals surface area contributed by atoms with E-state index >= 15 is 0 Å². The minimum Gasteiger partial charge on any atom is -0.455 e. The lowest BCUT2D eigenvalue weighted by atomic mass is 9.87. The molecule has 0 aliphatic carbocycles. The number of hydrogen-bond acceptors (Lipinski definition) is 2. The second-order valence-electron chi connectivity index (χ2n) is 16.8. The molecule has 66 heavy (non-hydrogen) atoms. The summed E-state index contributed by atoms with van der Waals surface area (Å²) in [5, 5.41) is 4.73. The maximum atomic E-state index is 6.50. The van der Waals surface area contributed by atoms with Gasteiger partial charge in [-0.15, -0.1) is 0 Å². The van der Waals surface area contributed by atoms with Crippen LogP contribution in [0, 0.1) is 0 Å². The van der Waals surface area contributed by atoms with Crippen molar-refractivity contribution < 1.29 is 4.42 Å². The van der Waals surface area contributed by atoms with Crippen molar-refractivity contribution in [3.05, 3.63) is 261 Å². The normalized spacial score (nSPS) is 11.3. The minimum absolute atomic E-state index is 0.897. The predicted molar refractivity (Wildman–Crippen MR) is 279 cm³/mol. The molecule has 0 saturated heterocycles. The van der Waals surface area contributed by atoms with E-state index in [0.29, 0.717) is 0 Å². The van der Waals surface area contributed by atoms with Gasteiger partial charge in [-0.25, -0.2) is 0 Å². The van der Waals surface area contributed by atoms with Crippen LogP contribution < -0.4 is 4.90 Å². The third-order valence-corrected chi connectivity index (χ3v) is 12.9. The Morgan fingerprint density at radius 3 is 1.48 bits per heavy atom. The molecule has 310 valence electrons. The Morgan fingerprint density at radius 2 is 0.742 bits per heavy atom. The van der Waals surface area contributed by atoms with Gasteiger partial charge in [-0.2, -0.15) is 0 Å². The molecule has 12 aromatic rings. The number of nitrogens with zero attached hydrogens (tertiary/aromatic N) is 1. The first kappa shape index (κ1) is 38.9. The number of para-hydroxylation sites is 3. The molecular formula is C64H43NO. The molecule has 0 bridgehead atoms. The highest BCUT2D eigenvalue weighted by atomic mass is 16.3.